The third-order valence-electron chi connectivity index (χ3n) is 8.03. The summed E-state index contributed by atoms with van der Waals surface area (Å²) in [5, 5.41) is 2.17. The highest BCUT2D eigenvalue weighted by molar-refractivity contribution is 7.10. The minimum atomic E-state index is -0.271. The molecule has 1 aromatic heterocycles. The van der Waals surface area contributed by atoms with Crippen molar-refractivity contribution in [2.75, 3.05) is 46.9 Å². The van der Waals surface area contributed by atoms with Gasteiger partial charge >= 0.3 is 0 Å². The van der Waals surface area contributed by atoms with Crippen molar-refractivity contribution >= 4 is 23.2 Å². The molecule has 0 unspecified atom stereocenters. The fourth-order valence-corrected chi connectivity index (χ4v) is 6.76. The van der Waals surface area contributed by atoms with E-state index in [-0.39, 0.29) is 23.9 Å². The molecule has 0 aliphatic carbocycles. The summed E-state index contributed by atoms with van der Waals surface area (Å²) in [5.41, 5.74) is 4.35. The molecule has 206 valence electrons. The average Bonchev–Trinajstić information content (AvgIpc) is 3.32. The zero-order valence-corrected chi connectivity index (χ0v) is 24.0. The molecule has 2 aromatic carbocycles. The summed E-state index contributed by atoms with van der Waals surface area (Å²) in [7, 11) is 3.15. The number of carbonyl (C=O) groups is 2. The van der Waals surface area contributed by atoms with E-state index in [2.05, 4.69) is 47.5 Å². The molecule has 2 amide bonds. The van der Waals surface area contributed by atoms with Crippen molar-refractivity contribution in [3.8, 4) is 11.5 Å². The fraction of sp³-hybridized carbons (Fsp3) is 0.419. The maximum atomic E-state index is 13.9. The Bertz CT molecular complexity index is 1320. The number of aryl methyl sites for hydroxylation is 1. The van der Waals surface area contributed by atoms with Crippen LogP contribution >= 0.6 is 11.3 Å². The topological polar surface area (TPSA) is 62.3 Å². The van der Waals surface area contributed by atoms with Gasteiger partial charge in [0.05, 0.1) is 26.3 Å². The highest BCUT2D eigenvalue weighted by atomic mass is 32.1. The maximum absolute atomic E-state index is 13.9. The Hall–Kier alpha value is -3.36. The Balaban J connectivity index is 1.31. The van der Waals surface area contributed by atoms with Gasteiger partial charge in [0.25, 0.3) is 5.91 Å². The Morgan fingerprint density at radius 2 is 1.59 bits per heavy atom. The van der Waals surface area contributed by atoms with E-state index < -0.39 is 0 Å². The molecule has 3 heterocycles. The molecule has 0 bridgehead atoms. The van der Waals surface area contributed by atoms with E-state index in [9.17, 15) is 9.59 Å². The zero-order valence-electron chi connectivity index (χ0n) is 23.2. The van der Waals surface area contributed by atoms with Crippen LogP contribution in [0.15, 0.2) is 53.9 Å². The van der Waals surface area contributed by atoms with Crippen LogP contribution in [0.1, 0.15) is 51.3 Å². The number of nitrogens with zero attached hydrogens (tertiary/aromatic N) is 3. The van der Waals surface area contributed by atoms with E-state index in [0.717, 1.165) is 19.4 Å². The molecule has 3 aromatic rings. The molecule has 1 fully saturated rings. The van der Waals surface area contributed by atoms with Crippen LogP contribution in [-0.2, 0) is 11.2 Å². The van der Waals surface area contributed by atoms with Crippen LogP contribution in [0.25, 0.3) is 0 Å². The minimum absolute atomic E-state index is 0.0632. The van der Waals surface area contributed by atoms with Crippen molar-refractivity contribution in [1.29, 1.82) is 0 Å². The van der Waals surface area contributed by atoms with E-state index >= 15 is 0 Å². The monoisotopic (exact) mass is 547 g/mol. The molecule has 1 saturated heterocycles. The number of carbonyl (C=O) groups excluding carboxylic acids is 2. The van der Waals surface area contributed by atoms with Crippen molar-refractivity contribution < 1.29 is 19.1 Å². The van der Waals surface area contributed by atoms with Gasteiger partial charge in [-0.1, -0.05) is 24.3 Å². The van der Waals surface area contributed by atoms with Crippen LogP contribution in [0, 0.1) is 6.92 Å². The molecule has 0 N–H and O–H groups in total. The molecule has 0 saturated carbocycles. The molecule has 2 aliphatic heterocycles. The first-order valence-electron chi connectivity index (χ1n) is 13.6. The van der Waals surface area contributed by atoms with E-state index in [1.807, 2.05) is 28.1 Å². The maximum Gasteiger partial charge on any atom is 0.254 e. The van der Waals surface area contributed by atoms with Crippen molar-refractivity contribution in [2.45, 2.75) is 38.8 Å². The van der Waals surface area contributed by atoms with Gasteiger partial charge in [0.15, 0.2) is 0 Å². The van der Waals surface area contributed by atoms with Crippen molar-refractivity contribution in [1.82, 2.24) is 14.7 Å². The van der Waals surface area contributed by atoms with Crippen molar-refractivity contribution in [3.05, 3.63) is 81.0 Å². The van der Waals surface area contributed by atoms with Gasteiger partial charge in [-0.3, -0.25) is 14.5 Å². The predicted octanol–water partition coefficient (Wildman–Crippen LogP) is 4.78. The minimum Gasteiger partial charge on any atom is -0.497 e. The lowest BCUT2D eigenvalue weighted by atomic mass is 9.89. The summed E-state index contributed by atoms with van der Waals surface area (Å²) in [5.74, 6) is 1.22. The smallest absolute Gasteiger partial charge is 0.254 e. The highest BCUT2D eigenvalue weighted by Crippen LogP contribution is 2.40. The Morgan fingerprint density at radius 1 is 0.897 bits per heavy atom. The first-order valence-corrected chi connectivity index (χ1v) is 14.5. The molecule has 2 aliphatic rings. The second-order valence-corrected chi connectivity index (χ2v) is 11.3. The molecule has 5 rings (SSSR count). The number of benzene rings is 2. The van der Waals surface area contributed by atoms with Crippen LogP contribution in [0.4, 0.5) is 0 Å². The Morgan fingerprint density at radius 3 is 2.31 bits per heavy atom. The normalized spacial score (nSPS) is 18.7. The van der Waals surface area contributed by atoms with Gasteiger partial charge in [0.2, 0.25) is 5.91 Å². The van der Waals surface area contributed by atoms with Gasteiger partial charge in [-0.05, 0) is 67.0 Å². The Kier molecular flexibility index (Phi) is 8.23. The van der Waals surface area contributed by atoms with Crippen LogP contribution in [0.5, 0.6) is 11.5 Å². The van der Waals surface area contributed by atoms with Crippen LogP contribution < -0.4 is 9.47 Å². The zero-order chi connectivity index (χ0) is 27.5. The number of hydrogen-bond acceptors (Lipinski definition) is 6. The van der Waals surface area contributed by atoms with Gasteiger partial charge in [0, 0.05) is 49.2 Å². The molecule has 2 atom stereocenters. The van der Waals surface area contributed by atoms with Gasteiger partial charge in [-0.2, -0.15) is 0 Å². The Labute approximate surface area is 234 Å². The van der Waals surface area contributed by atoms with Crippen molar-refractivity contribution in [3.63, 3.8) is 0 Å². The molecule has 7 nitrogen and oxygen atoms in total. The highest BCUT2D eigenvalue weighted by Gasteiger charge is 2.37. The molecular formula is C31H37N3O4S. The number of methoxy groups -OCH3 is 2. The van der Waals surface area contributed by atoms with Crippen LogP contribution in [0.2, 0.25) is 0 Å². The second-order valence-electron chi connectivity index (χ2n) is 10.3. The number of thiophene rings is 1. The summed E-state index contributed by atoms with van der Waals surface area (Å²) in [6.07, 6.45) is 1.69. The summed E-state index contributed by atoms with van der Waals surface area (Å²) in [6.45, 7) is 7.29. The van der Waals surface area contributed by atoms with Gasteiger partial charge in [-0.25, -0.2) is 0 Å². The number of rotatable bonds is 6. The molecule has 0 spiro atoms. The summed E-state index contributed by atoms with van der Waals surface area (Å²) < 4.78 is 10.7. The third-order valence-corrected chi connectivity index (χ3v) is 9.03. The number of hydrogen-bond donors (Lipinski definition) is 0. The summed E-state index contributed by atoms with van der Waals surface area (Å²) >= 11 is 1.81. The lowest BCUT2D eigenvalue weighted by Gasteiger charge is -2.41. The molecule has 0 radical (unpaired) electrons. The third kappa shape index (κ3) is 5.54. The van der Waals surface area contributed by atoms with E-state index in [1.54, 1.807) is 32.4 Å². The molecular weight excluding hydrogens is 510 g/mol. The van der Waals surface area contributed by atoms with Crippen LogP contribution in [-0.4, -0.2) is 79.5 Å². The fourth-order valence-electron chi connectivity index (χ4n) is 5.85. The molecule has 39 heavy (non-hydrogen) atoms. The van der Waals surface area contributed by atoms with Crippen molar-refractivity contribution in [2.24, 2.45) is 0 Å². The van der Waals surface area contributed by atoms with E-state index in [1.165, 1.54) is 21.6 Å². The van der Waals surface area contributed by atoms with E-state index in [0.29, 0.717) is 43.2 Å². The number of amides is 2. The first-order chi connectivity index (χ1) is 18.9. The SMILES string of the molecule is COc1cc(OC)cc(C(=O)N2CCCN(C(=O)[C@@H](C)N3CCc4sccc4[C@H]3c3ccccc3C)CC2)c1. The average molecular weight is 548 g/mol. The number of ether oxygens (including phenoxy) is 2. The lowest BCUT2D eigenvalue weighted by Crippen LogP contribution is -2.51. The van der Waals surface area contributed by atoms with Gasteiger partial charge < -0.3 is 19.3 Å². The van der Waals surface area contributed by atoms with Crippen LogP contribution in [0.3, 0.4) is 0 Å². The summed E-state index contributed by atoms with van der Waals surface area (Å²) in [4.78, 5) is 34.9. The van der Waals surface area contributed by atoms with E-state index in [4.69, 9.17) is 9.47 Å². The quantitative estimate of drug-likeness (QED) is 0.444. The first kappa shape index (κ1) is 27.2. The standard InChI is InChI=1S/C31H37N3O4S/c1-21-8-5-6-9-26(21)29-27-11-17-39-28(27)10-14-34(29)22(2)30(35)32-12-7-13-33(16-15-32)31(36)23-18-24(37-3)20-25(19-23)38-4/h5-6,8-9,11,17-20,22,29H,7,10,12-16H2,1-4H3/t22-,29-/m1/s1. The molecule has 8 heteroatoms. The summed E-state index contributed by atoms with van der Waals surface area (Å²) in [6, 6.07) is 15.8. The predicted molar refractivity (Wildman–Crippen MR) is 154 cm³/mol. The number of fused-ring (bicyclic) bond motifs is 1. The lowest BCUT2D eigenvalue weighted by molar-refractivity contribution is -0.137. The van der Waals surface area contributed by atoms with Gasteiger partial charge in [-0.15, -0.1) is 11.3 Å². The van der Waals surface area contributed by atoms with Gasteiger partial charge in [0.1, 0.15) is 11.5 Å². The second kappa shape index (κ2) is 11.8. The largest absolute Gasteiger partial charge is 0.497 e.